The summed E-state index contributed by atoms with van der Waals surface area (Å²) in [6.45, 7) is 1.70. The number of hydrogen-bond donors (Lipinski definition) is 0. The van der Waals surface area contributed by atoms with Crippen LogP contribution >= 0.6 is 0 Å². The number of nitroso groups, excluding NO2 is 1. The van der Waals surface area contributed by atoms with Gasteiger partial charge < -0.3 is 0 Å². The van der Waals surface area contributed by atoms with Gasteiger partial charge >= 0.3 is 0 Å². The lowest BCUT2D eigenvalue weighted by Gasteiger charge is -2.53. The molecule has 0 radical (unpaired) electrons. The maximum absolute atomic E-state index is 14.1. The Labute approximate surface area is 81.2 Å². The summed E-state index contributed by atoms with van der Waals surface area (Å²) >= 11 is 0. The van der Waals surface area contributed by atoms with E-state index in [1.807, 2.05) is 0 Å². The van der Waals surface area contributed by atoms with Gasteiger partial charge in [-0.15, -0.1) is 0 Å². The van der Waals surface area contributed by atoms with Crippen LogP contribution in [-0.2, 0) is 0 Å². The minimum Gasteiger partial charge on any atom is -0.243 e. The van der Waals surface area contributed by atoms with E-state index < -0.39 is 22.9 Å². The van der Waals surface area contributed by atoms with Crippen molar-refractivity contribution in [1.82, 2.24) is 0 Å². The van der Waals surface area contributed by atoms with E-state index in [0.717, 1.165) is 4.76 Å². The Morgan fingerprint density at radius 3 is 2.07 bits per heavy atom. The van der Waals surface area contributed by atoms with Crippen LogP contribution in [0.15, 0.2) is 0 Å². The highest BCUT2D eigenvalue weighted by atomic mass is 19.2. The SMILES string of the molecule is CC12CC3(F)CC(CC(F)(C3)C1)[N+]2=O. The van der Waals surface area contributed by atoms with Gasteiger partial charge in [0, 0.05) is 35.9 Å². The minimum atomic E-state index is -1.41. The summed E-state index contributed by atoms with van der Waals surface area (Å²) in [5, 5.41) is 0. The zero-order valence-corrected chi connectivity index (χ0v) is 8.22. The van der Waals surface area contributed by atoms with Crippen LogP contribution in [-0.4, -0.2) is 27.7 Å². The second-order valence-corrected chi connectivity index (χ2v) is 5.72. The van der Waals surface area contributed by atoms with Crippen LogP contribution in [0.5, 0.6) is 0 Å². The molecule has 0 N–H and O–H groups in total. The van der Waals surface area contributed by atoms with Crippen molar-refractivity contribution >= 4 is 0 Å². The molecule has 2 heterocycles. The van der Waals surface area contributed by atoms with Crippen molar-refractivity contribution in [1.29, 1.82) is 0 Å². The molecule has 4 rings (SSSR count). The second kappa shape index (κ2) is 2.02. The van der Waals surface area contributed by atoms with E-state index >= 15 is 0 Å². The Kier molecular flexibility index (Phi) is 1.26. The van der Waals surface area contributed by atoms with E-state index in [0.29, 0.717) is 0 Å². The van der Waals surface area contributed by atoms with E-state index in [1.165, 1.54) is 0 Å². The summed E-state index contributed by atoms with van der Waals surface area (Å²) in [6, 6.07) is -0.425. The lowest BCUT2D eigenvalue weighted by atomic mass is 9.56. The molecule has 4 bridgehead atoms. The molecular formula is C10H14F2NO+. The van der Waals surface area contributed by atoms with Gasteiger partial charge in [-0.2, -0.15) is 0 Å². The predicted molar refractivity (Wildman–Crippen MR) is 46.6 cm³/mol. The lowest BCUT2D eigenvalue weighted by Crippen LogP contribution is -2.69. The van der Waals surface area contributed by atoms with Gasteiger partial charge in [0.15, 0.2) is 0 Å². The summed E-state index contributed by atoms with van der Waals surface area (Å²) in [6.07, 6.45) is 0.910. The fourth-order valence-electron chi connectivity index (χ4n) is 4.09. The lowest BCUT2D eigenvalue weighted by molar-refractivity contribution is -0.696. The first kappa shape index (κ1) is 8.74. The van der Waals surface area contributed by atoms with E-state index in [9.17, 15) is 13.7 Å². The second-order valence-electron chi connectivity index (χ2n) is 5.72. The smallest absolute Gasteiger partial charge is 0.214 e. The molecule has 0 aromatic carbocycles. The minimum absolute atomic E-state index is 0.0138. The fraction of sp³-hybridized carbons (Fsp3) is 1.00. The van der Waals surface area contributed by atoms with Gasteiger partial charge in [0.2, 0.25) is 11.6 Å². The molecule has 2 aliphatic heterocycles. The summed E-state index contributed by atoms with van der Waals surface area (Å²) in [7, 11) is 0. The van der Waals surface area contributed by atoms with Crippen LogP contribution in [0.1, 0.15) is 39.0 Å². The van der Waals surface area contributed by atoms with Crippen molar-refractivity contribution in [3.05, 3.63) is 4.91 Å². The van der Waals surface area contributed by atoms with Gasteiger partial charge in [-0.25, -0.2) is 8.78 Å². The molecule has 0 aromatic heterocycles. The van der Waals surface area contributed by atoms with Crippen molar-refractivity contribution in [2.75, 3.05) is 0 Å². The Morgan fingerprint density at radius 2 is 1.64 bits per heavy atom. The predicted octanol–water partition coefficient (Wildman–Crippen LogP) is 2.30. The van der Waals surface area contributed by atoms with Crippen LogP contribution in [0.3, 0.4) is 0 Å². The van der Waals surface area contributed by atoms with E-state index in [2.05, 4.69) is 0 Å². The molecule has 4 heteroatoms. The third-order valence-electron chi connectivity index (χ3n) is 4.10. The quantitative estimate of drug-likeness (QED) is 0.552. The first-order chi connectivity index (χ1) is 6.34. The molecule has 4 aliphatic rings. The van der Waals surface area contributed by atoms with Gasteiger partial charge in [0.1, 0.15) is 11.3 Å². The van der Waals surface area contributed by atoms with Gasteiger partial charge in [-0.3, -0.25) is 0 Å². The number of hydrogen-bond acceptors (Lipinski definition) is 1. The zero-order valence-electron chi connectivity index (χ0n) is 8.22. The van der Waals surface area contributed by atoms with Gasteiger partial charge in [-0.05, 0) is 0 Å². The molecule has 0 spiro atoms. The summed E-state index contributed by atoms with van der Waals surface area (Å²) < 4.78 is 29.2. The Balaban J connectivity index is 2.10. The van der Waals surface area contributed by atoms with Gasteiger partial charge in [-0.1, -0.05) is 0 Å². The highest BCUT2D eigenvalue weighted by molar-refractivity contribution is 5.12. The summed E-state index contributed by atoms with van der Waals surface area (Å²) in [5.41, 5.74) is -3.61. The monoisotopic (exact) mass is 202 g/mol. The third-order valence-corrected chi connectivity index (χ3v) is 4.10. The average molecular weight is 202 g/mol. The maximum Gasteiger partial charge on any atom is 0.214 e. The molecule has 0 aromatic rings. The topological polar surface area (TPSA) is 20.1 Å². The van der Waals surface area contributed by atoms with Gasteiger partial charge in [0.25, 0.3) is 0 Å². The Morgan fingerprint density at radius 1 is 1.14 bits per heavy atom. The van der Waals surface area contributed by atoms with Crippen LogP contribution in [0.2, 0.25) is 0 Å². The van der Waals surface area contributed by atoms with Crippen LogP contribution < -0.4 is 0 Å². The van der Waals surface area contributed by atoms with Crippen LogP contribution in [0.25, 0.3) is 0 Å². The number of piperidine rings is 2. The first-order valence-electron chi connectivity index (χ1n) is 5.19. The normalized spacial score (nSPS) is 60.8. The Bertz CT molecular complexity index is 312. The van der Waals surface area contributed by atoms with Crippen LogP contribution in [0.4, 0.5) is 8.78 Å². The molecule has 4 fully saturated rings. The zero-order chi connectivity index (χ0) is 10.2. The van der Waals surface area contributed by atoms with Crippen molar-refractivity contribution < 1.29 is 13.5 Å². The average Bonchev–Trinajstić information content (AvgIpc) is 1.94. The number of alkyl halides is 2. The van der Waals surface area contributed by atoms with Crippen molar-refractivity contribution in [2.45, 2.75) is 61.9 Å². The number of rotatable bonds is 0. The van der Waals surface area contributed by atoms with E-state index in [4.69, 9.17) is 0 Å². The van der Waals surface area contributed by atoms with Gasteiger partial charge in [0.05, 0.1) is 12.8 Å². The molecule has 2 saturated carbocycles. The molecule has 78 valence electrons. The highest BCUT2D eigenvalue weighted by Gasteiger charge is 2.72. The molecule has 2 saturated heterocycles. The molecule has 2 aliphatic carbocycles. The van der Waals surface area contributed by atoms with Crippen LogP contribution in [0, 0.1) is 4.91 Å². The van der Waals surface area contributed by atoms with E-state index in [1.54, 1.807) is 6.92 Å². The molecular weight excluding hydrogens is 188 g/mol. The maximum atomic E-state index is 14.1. The van der Waals surface area contributed by atoms with E-state index in [-0.39, 0.29) is 32.1 Å². The molecule has 2 nitrogen and oxygen atoms in total. The van der Waals surface area contributed by atoms with Crippen molar-refractivity contribution in [3.8, 4) is 0 Å². The fourth-order valence-corrected chi connectivity index (χ4v) is 4.09. The molecule has 0 amide bonds. The summed E-state index contributed by atoms with van der Waals surface area (Å²) in [5.74, 6) is 0. The largest absolute Gasteiger partial charge is 0.243 e. The van der Waals surface area contributed by atoms with Crippen molar-refractivity contribution in [2.24, 2.45) is 0 Å². The first-order valence-corrected chi connectivity index (χ1v) is 5.19. The number of nitrogens with zero attached hydrogens (tertiary/aromatic N) is 1. The molecule has 2 unspecified atom stereocenters. The standard InChI is InChI=1S/C10H14F2NO/c1-8-4-9(11)2-7(13(8)14)3-10(12,5-8)6-9/h7H,2-6H2,1H3/q+1. The Hall–Kier alpha value is -0.540. The molecule has 14 heavy (non-hydrogen) atoms. The third kappa shape index (κ3) is 0.894. The van der Waals surface area contributed by atoms with Crippen molar-refractivity contribution in [3.63, 3.8) is 0 Å². The number of halogens is 2. The summed E-state index contributed by atoms with van der Waals surface area (Å²) in [4.78, 5) is 11.8. The highest BCUT2D eigenvalue weighted by Crippen LogP contribution is 2.59. The molecule has 2 atom stereocenters.